The molecule has 1 aromatic carbocycles. The summed E-state index contributed by atoms with van der Waals surface area (Å²) in [4.78, 5) is 2.24. The lowest BCUT2D eigenvalue weighted by Crippen LogP contribution is -2.39. The molecule has 0 bridgehead atoms. The number of halogens is 1. The zero-order chi connectivity index (χ0) is 10.3. The van der Waals surface area contributed by atoms with Crippen LogP contribution in [0.1, 0.15) is 19.4 Å². The smallest absolute Gasteiger partial charge is 0.123 e. The zero-order valence-corrected chi connectivity index (χ0v) is 8.92. The van der Waals surface area contributed by atoms with Gasteiger partial charge in [0.1, 0.15) is 5.82 Å². The van der Waals surface area contributed by atoms with Gasteiger partial charge in [0.25, 0.3) is 0 Å². The van der Waals surface area contributed by atoms with Gasteiger partial charge in [0.2, 0.25) is 0 Å². The molecule has 0 saturated heterocycles. The first-order valence-electron chi connectivity index (χ1n) is 5.11. The summed E-state index contributed by atoms with van der Waals surface area (Å²) in [7, 11) is 2.08. The standard InChI is InChI=1S/C12H16FN/c1-8-6-10-7-11(13)4-5-12(10)14(3)9(8)2/h4-5,7-9H,6H2,1-3H3/t8?,9-/m0/s1. The number of hydrogen-bond acceptors (Lipinski definition) is 1. The first kappa shape index (κ1) is 9.50. The Balaban J connectivity index is 2.45. The normalized spacial score (nSPS) is 26.1. The van der Waals surface area contributed by atoms with Gasteiger partial charge in [-0.25, -0.2) is 4.39 Å². The van der Waals surface area contributed by atoms with E-state index in [0.29, 0.717) is 12.0 Å². The number of fused-ring (bicyclic) bond motifs is 1. The fourth-order valence-electron chi connectivity index (χ4n) is 2.18. The minimum absolute atomic E-state index is 0.126. The third-order valence-electron chi connectivity index (χ3n) is 3.40. The van der Waals surface area contributed by atoms with Crippen molar-refractivity contribution in [3.8, 4) is 0 Å². The van der Waals surface area contributed by atoms with E-state index in [2.05, 4.69) is 25.8 Å². The van der Waals surface area contributed by atoms with Gasteiger partial charge in [-0.1, -0.05) is 6.92 Å². The van der Waals surface area contributed by atoms with Crippen molar-refractivity contribution in [2.45, 2.75) is 26.3 Å². The van der Waals surface area contributed by atoms with E-state index >= 15 is 0 Å². The molecule has 2 heteroatoms. The summed E-state index contributed by atoms with van der Waals surface area (Å²) in [5.41, 5.74) is 2.31. The number of benzene rings is 1. The molecule has 0 fully saturated rings. The Labute approximate surface area is 84.5 Å². The minimum atomic E-state index is -0.126. The van der Waals surface area contributed by atoms with Crippen LogP contribution in [0.2, 0.25) is 0 Å². The molecule has 0 N–H and O–H groups in total. The molecule has 1 aromatic rings. The van der Waals surface area contributed by atoms with Crippen LogP contribution in [0.25, 0.3) is 0 Å². The Morgan fingerprint density at radius 2 is 2.07 bits per heavy atom. The van der Waals surface area contributed by atoms with Crippen LogP contribution >= 0.6 is 0 Å². The second-order valence-corrected chi connectivity index (χ2v) is 4.31. The first-order chi connectivity index (χ1) is 6.59. The van der Waals surface area contributed by atoms with Gasteiger partial charge in [0, 0.05) is 18.8 Å². The lowest BCUT2D eigenvalue weighted by atomic mass is 9.88. The molecule has 0 saturated carbocycles. The third-order valence-corrected chi connectivity index (χ3v) is 3.40. The molecule has 1 unspecified atom stereocenters. The van der Waals surface area contributed by atoms with E-state index in [-0.39, 0.29) is 5.82 Å². The van der Waals surface area contributed by atoms with Crippen molar-refractivity contribution in [1.29, 1.82) is 0 Å². The predicted octanol–water partition coefficient (Wildman–Crippen LogP) is 2.84. The van der Waals surface area contributed by atoms with Crippen LogP contribution < -0.4 is 4.90 Å². The summed E-state index contributed by atoms with van der Waals surface area (Å²) < 4.78 is 13.0. The van der Waals surface area contributed by atoms with Crippen molar-refractivity contribution in [2.24, 2.45) is 5.92 Å². The van der Waals surface area contributed by atoms with Gasteiger partial charge < -0.3 is 4.90 Å². The monoisotopic (exact) mass is 193 g/mol. The summed E-state index contributed by atoms with van der Waals surface area (Å²) in [6.07, 6.45) is 0.985. The Hall–Kier alpha value is -1.05. The van der Waals surface area contributed by atoms with Gasteiger partial charge in [-0.05, 0) is 43.0 Å². The molecule has 0 aliphatic carbocycles. The molecule has 1 aliphatic rings. The second-order valence-electron chi connectivity index (χ2n) is 4.31. The summed E-state index contributed by atoms with van der Waals surface area (Å²) in [6.45, 7) is 4.44. The molecule has 0 aromatic heterocycles. The van der Waals surface area contributed by atoms with Gasteiger partial charge in [-0.3, -0.25) is 0 Å². The van der Waals surface area contributed by atoms with Crippen molar-refractivity contribution in [1.82, 2.24) is 0 Å². The maximum absolute atomic E-state index is 13.0. The van der Waals surface area contributed by atoms with E-state index in [4.69, 9.17) is 0 Å². The summed E-state index contributed by atoms with van der Waals surface area (Å²) >= 11 is 0. The Kier molecular flexibility index (Phi) is 2.22. The number of hydrogen-bond donors (Lipinski definition) is 0. The SMILES string of the molecule is CC1Cc2cc(F)ccc2N(C)[C@H]1C. The van der Waals surface area contributed by atoms with Gasteiger partial charge in [-0.15, -0.1) is 0 Å². The van der Waals surface area contributed by atoms with Crippen LogP contribution in [0.3, 0.4) is 0 Å². The average molecular weight is 193 g/mol. The maximum atomic E-state index is 13.0. The second kappa shape index (κ2) is 3.26. The minimum Gasteiger partial charge on any atom is -0.371 e. The van der Waals surface area contributed by atoms with E-state index in [1.165, 1.54) is 11.8 Å². The fraction of sp³-hybridized carbons (Fsp3) is 0.500. The highest BCUT2D eigenvalue weighted by Crippen LogP contribution is 2.32. The van der Waals surface area contributed by atoms with Gasteiger partial charge in [-0.2, -0.15) is 0 Å². The Bertz CT molecular complexity index is 348. The quantitative estimate of drug-likeness (QED) is 0.612. The number of anilines is 1. The third kappa shape index (κ3) is 1.39. The van der Waals surface area contributed by atoms with E-state index in [1.807, 2.05) is 6.07 Å². The molecule has 0 spiro atoms. The molecular formula is C12H16FN. The van der Waals surface area contributed by atoms with Crippen molar-refractivity contribution < 1.29 is 4.39 Å². The molecule has 0 radical (unpaired) electrons. The van der Waals surface area contributed by atoms with E-state index in [1.54, 1.807) is 6.07 Å². The topological polar surface area (TPSA) is 3.24 Å². The van der Waals surface area contributed by atoms with Crippen molar-refractivity contribution in [3.05, 3.63) is 29.6 Å². The summed E-state index contributed by atoms with van der Waals surface area (Å²) in [5.74, 6) is 0.466. The van der Waals surface area contributed by atoms with E-state index in [9.17, 15) is 4.39 Å². The van der Waals surface area contributed by atoms with E-state index in [0.717, 1.165) is 12.0 Å². The summed E-state index contributed by atoms with van der Waals surface area (Å²) in [6, 6.07) is 5.62. The number of rotatable bonds is 0. The van der Waals surface area contributed by atoms with Crippen LogP contribution in [-0.4, -0.2) is 13.1 Å². The van der Waals surface area contributed by atoms with Gasteiger partial charge >= 0.3 is 0 Å². The average Bonchev–Trinajstić information content (AvgIpc) is 2.14. The molecule has 1 aliphatic heterocycles. The molecule has 1 nitrogen and oxygen atoms in total. The van der Waals surface area contributed by atoms with Crippen LogP contribution in [-0.2, 0) is 6.42 Å². The maximum Gasteiger partial charge on any atom is 0.123 e. The lowest BCUT2D eigenvalue weighted by molar-refractivity contribution is 0.442. The van der Waals surface area contributed by atoms with Gasteiger partial charge in [0.15, 0.2) is 0 Å². The fourth-order valence-corrected chi connectivity index (χ4v) is 2.18. The zero-order valence-electron chi connectivity index (χ0n) is 8.92. The Morgan fingerprint density at radius 1 is 1.36 bits per heavy atom. The first-order valence-corrected chi connectivity index (χ1v) is 5.11. The highest BCUT2D eigenvalue weighted by atomic mass is 19.1. The number of nitrogens with zero attached hydrogens (tertiary/aromatic N) is 1. The van der Waals surface area contributed by atoms with Crippen LogP contribution in [0.15, 0.2) is 18.2 Å². The molecule has 1 heterocycles. The molecule has 2 atom stereocenters. The molecule has 2 rings (SSSR count). The molecule has 0 amide bonds. The van der Waals surface area contributed by atoms with Crippen molar-refractivity contribution >= 4 is 5.69 Å². The Morgan fingerprint density at radius 3 is 2.79 bits per heavy atom. The lowest BCUT2D eigenvalue weighted by Gasteiger charge is -2.38. The predicted molar refractivity (Wildman–Crippen MR) is 57.1 cm³/mol. The highest BCUT2D eigenvalue weighted by Gasteiger charge is 2.25. The highest BCUT2D eigenvalue weighted by molar-refractivity contribution is 5.56. The van der Waals surface area contributed by atoms with E-state index < -0.39 is 0 Å². The summed E-state index contributed by atoms with van der Waals surface area (Å²) in [5, 5.41) is 0. The van der Waals surface area contributed by atoms with Gasteiger partial charge in [0.05, 0.1) is 0 Å². The largest absolute Gasteiger partial charge is 0.371 e. The van der Waals surface area contributed by atoms with Crippen molar-refractivity contribution in [3.63, 3.8) is 0 Å². The molecule has 14 heavy (non-hydrogen) atoms. The van der Waals surface area contributed by atoms with Crippen molar-refractivity contribution in [2.75, 3.05) is 11.9 Å². The van der Waals surface area contributed by atoms with Crippen LogP contribution in [0.4, 0.5) is 10.1 Å². The molecule has 76 valence electrons. The van der Waals surface area contributed by atoms with Crippen LogP contribution in [0.5, 0.6) is 0 Å². The molecular weight excluding hydrogens is 177 g/mol. The van der Waals surface area contributed by atoms with Crippen LogP contribution in [0, 0.1) is 11.7 Å².